The summed E-state index contributed by atoms with van der Waals surface area (Å²) in [6.45, 7) is 2.97. The lowest BCUT2D eigenvalue weighted by Gasteiger charge is -2.39. The first-order valence-electron chi connectivity index (χ1n) is 7.82. The van der Waals surface area contributed by atoms with E-state index < -0.39 is 0 Å². The molecule has 110 valence electrons. The van der Waals surface area contributed by atoms with E-state index in [-0.39, 0.29) is 17.5 Å². The van der Waals surface area contributed by atoms with Gasteiger partial charge in [-0.15, -0.1) is 0 Å². The second-order valence-corrected chi connectivity index (χ2v) is 6.37. The molecule has 0 aromatic heterocycles. The molecule has 1 heterocycles. The summed E-state index contributed by atoms with van der Waals surface area (Å²) < 4.78 is 19.4. The Hall–Kier alpha value is -0.930. The maximum atomic E-state index is 13.3. The normalized spacial score (nSPS) is 26.8. The third-order valence-electron chi connectivity index (χ3n) is 4.84. The van der Waals surface area contributed by atoms with Crippen molar-refractivity contribution in [1.29, 1.82) is 0 Å². The molecule has 1 saturated carbocycles. The lowest BCUT2D eigenvalue weighted by Crippen LogP contribution is -2.46. The Kier molecular flexibility index (Phi) is 4.08. The summed E-state index contributed by atoms with van der Waals surface area (Å²) >= 11 is 0. The molecule has 0 radical (unpaired) electrons. The second-order valence-electron chi connectivity index (χ2n) is 6.37. The largest absolute Gasteiger partial charge is 0.375 e. The molecule has 2 fully saturated rings. The van der Waals surface area contributed by atoms with E-state index in [0.29, 0.717) is 6.04 Å². The summed E-state index contributed by atoms with van der Waals surface area (Å²) in [5.41, 5.74) is 1.16. The third-order valence-corrected chi connectivity index (χ3v) is 4.84. The summed E-state index contributed by atoms with van der Waals surface area (Å²) in [5, 5.41) is 3.67. The molecule has 1 aromatic rings. The van der Waals surface area contributed by atoms with E-state index in [0.717, 1.165) is 25.0 Å². The topological polar surface area (TPSA) is 21.3 Å². The van der Waals surface area contributed by atoms with Gasteiger partial charge in [-0.1, -0.05) is 25.0 Å². The average molecular weight is 277 g/mol. The van der Waals surface area contributed by atoms with Gasteiger partial charge >= 0.3 is 0 Å². The highest BCUT2D eigenvalue weighted by molar-refractivity contribution is 5.19. The van der Waals surface area contributed by atoms with E-state index in [1.807, 2.05) is 6.07 Å². The van der Waals surface area contributed by atoms with Crippen LogP contribution in [0.15, 0.2) is 24.3 Å². The van der Waals surface area contributed by atoms with Crippen molar-refractivity contribution in [2.45, 2.75) is 63.1 Å². The highest BCUT2D eigenvalue weighted by Crippen LogP contribution is 2.40. The van der Waals surface area contributed by atoms with Gasteiger partial charge in [0, 0.05) is 18.7 Å². The van der Waals surface area contributed by atoms with Gasteiger partial charge in [-0.3, -0.25) is 0 Å². The Balaban J connectivity index is 1.62. The quantitative estimate of drug-likeness (QED) is 0.902. The SMILES string of the molecule is CC(NC1CCOC2(CCCC2)C1)c1cccc(F)c1. The van der Waals surface area contributed by atoms with Gasteiger partial charge in [0.1, 0.15) is 5.82 Å². The minimum absolute atomic E-state index is 0.136. The van der Waals surface area contributed by atoms with Crippen LogP contribution in [0.3, 0.4) is 0 Å². The van der Waals surface area contributed by atoms with Crippen molar-refractivity contribution in [3.63, 3.8) is 0 Å². The summed E-state index contributed by atoms with van der Waals surface area (Å²) in [5.74, 6) is -0.157. The fraction of sp³-hybridized carbons (Fsp3) is 0.647. The average Bonchev–Trinajstić information content (AvgIpc) is 2.87. The van der Waals surface area contributed by atoms with E-state index >= 15 is 0 Å². The van der Waals surface area contributed by atoms with Crippen molar-refractivity contribution in [3.8, 4) is 0 Å². The van der Waals surface area contributed by atoms with Crippen molar-refractivity contribution in [2.75, 3.05) is 6.61 Å². The molecule has 1 N–H and O–H groups in total. The minimum Gasteiger partial charge on any atom is -0.375 e. The third kappa shape index (κ3) is 3.04. The standard InChI is InChI=1S/C17H24FNO/c1-13(14-5-4-6-15(18)11-14)19-16-7-10-20-17(12-16)8-2-3-9-17/h4-6,11,13,16,19H,2-3,7-10,12H2,1H3. The molecule has 0 amide bonds. The Morgan fingerprint density at radius 3 is 2.90 bits per heavy atom. The molecule has 1 spiro atoms. The molecule has 2 aliphatic rings. The van der Waals surface area contributed by atoms with Crippen molar-refractivity contribution < 1.29 is 9.13 Å². The number of benzene rings is 1. The van der Waals surface area contributed by atoms with E-state index in [9.17, 15) is 4.39 Å². The molecule has 1 aromatic carbocycles. The van der Waals surface area contributed by atoms with Crippen molar-refractivity contribution in [2.24, 2.45) is 0 Å². The van der Waals surface area contributed by atoms with Crippen molar-refractivity contribution in [3.05, 3.63) is 35.6 Å². The van der Waals surface area contributed by atoms with E-state index in [1.54, 1.807) is 12.1 Å². The van der Waals surface area contributed by atoms with Gasteiger partial charge < -0.3 is 10.1 Å². The van der Waals surface area contributed by atoms with E-state index in [2.05, 4.69) is 12.2 Å². The van der Waals surface area contributed by atoms with Crippen LogP contribution < -0.4 is 5.32 Å². The monoisotopic (exact) mass is 277 g/mol. The zero-order valence-electron chi connectivity index (χ0n) is 12.2. The zero-order valence-corrected chi connectivity index (χ0v) is 12.2. The number of hydrogen-bond donors (Lipinski definition) is 1. The summed E-state index contributed by atoms with van der Waals surface area (Å²) in [4.78, 5) is 0. The Morgan fingerprint density at radius 1 is 1.35 bits per heavy atom. The maximum absolute atomic E-state index is 13.3. The fourth-order valence-electron chi connectivity index (χ4n) is 3.76. The lowest BCUT2D eigenvalue weighted by atomic mass is 9.88. The summed E-state index contributed by atoms with van der Waals surface area (Å²) in [6, 6.07) is 7.57. The number of hydrogen-bond acceptors (Lipinski definition) is 2. The van der Waals surface area contributed by atoms with Gasteiger partial charge in [-0.2, -0.15) is 0 Å². The molecule has 1 aliphatic heterocycles. The Morgan fingerprint density at radius 2 is 2.15 bits per heavy atom. The first-order chi connectivity index (χ1) is 9.67. The second kappa shape index (κ2) is 5.82. The summed E-state index contributed by atoms with van der Waals surface area (Å²) in [6.07, 6.45) is 7.17. The molecular formula is C17H24FNO. The number of halogens is 1. The zero-order chi connectivity index (χ0) is 14.0. The van der Waals surface area contributed by atoms with Gasteiger partial charge in [-0.25, -0.2) is 4.39 Å². The molecule has 3 rings (SSSR count). The Labute approximate surface area is 120 Å². The van der Waals surface area contributed by atoms with Crippen LogP contribution in [0.5, 0.6) is 0 Å². The number of ether oxygens (including phenoxy) is 1. The smallest absolute Gasteiger partial charge is 0.123 e. The fourth-order valence-corrected chi connectivity index (χ4v) is 3.76. The number of nitrogens with one attached hydrogen (secondary N) is 1. The first kappa shape index (κ1) is 14.0. The van der Waals surface area contributed by atoms with Crippen LogP contribution in [0, 0.1) is 5.82 Å². The maximum Gasteiger partial charge on any atom is 0.123 e. The van der Waals surface area contributed by atoms with Crippen LogP contribution in [0.1, 0.15) is 57.1 Å². The van der Waals surface area contributed by atoms with Gasteiger partial charge in [-0.05, 0) is 50.3 Å². The van der Waals surface area contributed by atoms with Crippen molar-refractivity contribution in [1.82, 2.24) is 5.32 Å². The number of rotatable bonds is 3. The molecule has 2 unspecified atom stereocenters. The Bertz CT molecular complexity index is 456. The molecule has 2 nitrogen and oxygen atoms in total. The van der Waals surface area contributed by atoms with Crippen LogP contribution in [-0.4, -0.2) is 18.2 Å². The van der Waals surface area contributed by atoms with E-state index in [4.69, 9.17) is 4.74 Å². The summed E-state index contributed by atoms with van der Waals surface area (Å²) in [7, 11) is 0. The first-order valence-corrected chi connectivity index (χ1v) is 7.82. The molecule has 0 bridgehead atoms. The molecular weight excluding hydrogens is 253 g/mol. The van der Waals surface area contributed by atoms with Crippen LogP contribution in [0.4, 0.5) is 4.39 Å². The van der Waals surface area contributed by atoms with Crippen LogP contribution >= 0.6 is 0 Å². The van der Waals surface area contributed by atoms with Crippen LogP contribution in [-0.2, 0) is 4.74 Å². The lowest BCUT2D eigenvalue weighted by molar-refractivity contribution is -0.0846. The minimum atomic E-state index is -0.157. The predicted molar refractivity (Wildman–Crippen MR) is 78.1 cm³/mol. The molecule has 1 aliphatic carbocycles. The highest BCUT2D eigenvalue weighted by atomic mass is 19.1. The van der Waals surface area contributed by atoms with Gasteiger partial charge in [0.25, 0.3) is 0 Å². The molecule has 3 heteroatoms. The molecule has 20 heavy (non-hydrogen) atoms. The van der Waals surface area contributed by atoms with Gasteiger partial charge in [0.2, 0.25) is 0 Å². The van der Waals surface area contributed by atoms with Crippen molar-refractivity contribution >= 4 is 0 Å². The van der Waals surface area contributed by atoms with Crippen LogP contribution in [0.25, 0.3) is 0 Å². The van der Waals surface area contributed by atoms with Gasteiger partial charge in [0.15, 0.2) is 0 Å². The van der Waals surface area contributed by atoms with Crippen LogP contribution in [0.2, 0.25) is 0 Å². The van der Waals surface area contributed by atoms with E-state index in [1.165, 1.54) is 31.7 Å². The molecule has 1 saturated heterocycles. The van der Waals surface area contributed by atoms with Gasteiger partial charge in [0.05, 0.1) is 5.60 Å². The molecule has 2 atom stereocenters. The highest BCUT2D eigenvalue weighted by Gasteiger charge is 2.40. The predicted octanol–water partition coefficient (Wildman–Crippen LogP) is 3.97.